The topological polar surface area (TPSA) is 38.0 Å². The highest BCUT2D eigenvalue weighted by Crippen LogP contribution is 2.17. The van der Waals surface area contributed by atoms with E-state index in [9.17, 15) is 0 Å². The van der Waals surface area contributed by atoms with E-state index in [1.54, 1.807) is 0 Å². The zero-order valence-corrected chi connectivity index (χ0v) is 10.2. The van der Waals surface area contributed by atoms with Gasteiger partial charge < -0.3 is 11.1 Å². The monoisotopic (exact) mass is 238 g/mol. The number of halogens is 1. The molecule has 0 amide bonds. The second kappa shape index (κ2) is 5.67. The zero-order valence-electron chi connectivity index (χ0n) is 9.45. The number of hydrogen-bond donors (Lipinski definition) is 2. The van der Waals surface area contributed by atoms with Crippen molar-refractivity contribution in [2.45, 2.75) is 37.8 Å². The number of benzene rings is 1. The van der Waals surface area contributed by atoms with Crippen molar-refractivity contribution in [1.29, 1.82) is 0 Å². The molecule has 1 aliphatic rings. The van der Waals surface area contributed by atoms with Crippen LogP contribution in [0.4, 0.5) is 0 Å². The molecular weight excluding hydrogens is 220 g/mol. The molecule has 2 rings (SSSR count). The molecule has 2 atom stereocenters. The molecule has 1 fully saturated rings. The minimum atomic E-state index is 0.352. The molecule has 0 aliphatic heterocycles. The quantitative estimate of drug-likeness (QED) is 0.845. The summed E-state index contributed by atoms with van der Waals surface area (Å²) in [5, 5.41) is 4.34. The third-order valence-corrected chi connectivity index (χ3v) is 3.55. The molecule has 2 unspecified atom stereocenters. The van der Waals surface area contributed by atoms with Crippen molar-refractivity contribution in [2.24, 2.45) is 5.73 Å². The Labute approximate surface area is 102 Å². The Bertz CT molecular complexity index is 323. The normalized spacial score (nSPS) is 24.9. The first-order valence-corrected chi connectivity index (χ1v) is 6.37. The van der Waals surface area contributed by atoms with Crippen LogP contribution in [0.1, 0.15) is 24.8 Å². The fourth-order valence-electron chi connectivity index (χ4n) is 2.30. The first-order valence-electron chi connectivity index (χ1n) is 5.99. The van der Waals surface area contributed by atoms with E-state index in [1.807, 2.05) is 12.1 Å². The second-order valence-electron chi connectivity index (χ2n) is 4.53. The number of nitrogens with two attached hydrogens (primary N) is 1. The summed E-state index contributed by atoms with van der Waals surface area (Å²) in [5.41, 5.74) is 7.32. The standard InChI is InChI=1S/C13H19ClN2/c14-11-6-4-10(5-7-11)8-9-16-13-3-1-2-12(13)15/h4-7,12-13,16H,1-3,8-9,15H2. The predicted molar refractivity (Wildman–Crippen MR) is 68.8 cm³/mol. The highest BCUT2D eigenvalue weighted by molar-refractivity contribution is 6.30. The Morgan fingerprint density at radius 3 is 2.62 bits per heavy atom. The van der Waals surface area contributed by atoms with Gasteiger partial charge >= 0.3 is 0 Å². The van der Waals surface area contributed by atoms with Gasteiger partial charge in [0.25, 0.3) is 0 Å². The maximum atomic E-state index is 6.00. The molecular formula is C13H19ClN2. The van der Waals surface area contributed by atoms with Gasteiger partial charge in [-0.3, -0.25) is 0 Å². The number of rotatable bonds is 4. The van der Waals surface area contributed by atoms with Crippen LogP contribution in [0.5, 0.6) is 0 Å². The SMILES string of the molecule is NC1CCCC1NCCc1ccc(Cl)cc1. The van der Waals surface area contributed by atoms with Gasteiger partial charge in [0.2, 0.25) is 0 Å². The molecule has 1 aromatic rings. The van der Waals surface area contributed by atoms with Gasteiger partial charge in [-0.2, -0.15) is 0 Å². The molecule has 3 N–H and O–H groups in total. The lowest BCUT2D eigenvalue weighted by atomic mass is 10.1. The lowest BCUT2D eigenvalue weighted by Crippen LogP contribution is -2.41. The van der Waals surface area contributed by atoms with E-state index >= 15 is 0 Å². The Morgan fingerprint density at radius 1 is 1.25 bits per heavy atom. The first kappa shape index (κ1) is 11.9. The van der Waals surface area contributed by atoms with E-state index in [4.69, 9.17) is 17.3 Å². The van der Waals surface area contributed by atoms with Crippen LogP contribution in [0, 0.1) is 0 Å². The molecule has 0 heterocycles. The molecule has 88 valence electrons. The Morgan fingerprint density at radius 2 is 2.00 bits per heavy atom. The summed E-state index contributed by atoms with van der Waals surface area (Å²) in [7, 11) is 0. The summed E-state index contributed by atoms with van der Waals surface area (Å²) >= 11 is 5.84. The summed E-state index contributed by atoms with van der Waals surface area (Å²) in [4.78, 5) is 0. The molecule has 2 nitrogen and oxygen atoms in total. The van der Waals surface area contributed by atoms with Crippen LogP contribution >= 0.6 is 11.6 Å². The van der Waals surface area contributed by atoms with Crippen molar-refractivity contribution < 1.29 is 0 Å². The summed E-state index contributed by atoms with van der Waals surface area (Å²) in [6, 6.07) is 8.92. The maximum absolute atomic E-state index is 6.00. The fraction of sp³-hybridized carbons (Fsp3) is 0.538. The van der Waals surface area contributed by atoms with Crippen LogP contribution in [0.25, 0.3) is 0 Å². The van der Waals surface area contributed by atoms with Gasteiger partial charge in [0.15, 0.2) is 0 Å². The van der Waals surface area contributed by atoms with Crippen molar-refractivity contribution in [3.63, 3.8) is 0 Å². The van der Waals surface area contributed by atoms with Crippen LogP contribution in [-0.2, 0) is 6.42 Å². The van der Waals surface area contributed by atoms with Crippen molar-refractivity contribution in [3.8, 4) is 0 Å². The van der Waals surface area contributed by atoms with Gasteiger partial charge in [-0.25, -0.2) is 0 Å². The van der Waals surface area contributed by atoms with Gasteiger partial charge in [-0.05, 0) is 43.5 Å². The Balaban J connectivity index is 1.73. The van der Waals surface area contributed by atoms with Crippen molar-refractivity contribution in [2.75, 3.05) is 6.54 Å². The first-order chi connectivity index (χ1) is 7.75. The zero-order chi connectivity index (χ0) is 11.4. The van der Waals surface area contributed by atoms with Gasteiger partial charge in [-0.1, -0.05) is 30.2 Å². The van der Waals surface area contributed by atoms with Crippen LogP contribution < -0.4 is 11.1 Å². The minimum absolute atomic E-state index is 0.352. The van der Waals surface area contributed by atoms with E-state index in [2.05, 4.69) is 17.4 Å². The maximum Gasteiger partial charge on any atom is 0.0406 e. The lowest BCUT2D eigenvalue weighted by Gasteiger charge is -2.17. The Hall–Kier alpha value is -0.570. The molecule has 0 radical (unpaired) electrons. The van der Waals surface area contributed by atoms with Gasteiger partial charge in [0, 0.05) is 17.1 Å². The van der Waals surface area contributed by atoms with Gasteiger partial charge in [-0.15, -0.1) is 0 Å². The molecule has 1 aliphatic carbocycles. The largest absolute Gasteiger partial charge is 0.326 e. The van der Waals surface area contributed by atoms with Crippen LogP contribution in [0.15, 0.2) is 24.3 Å². The predicted octanol–water partition coefficient (Wildman–Crippen LogP) is 2.35. The lowest BCUT2D eigenvalue weighted by molar-refractivity contribution is 0.479. The molecule has 3 heteroatoms. The van der Waals surface area contributed by atoms with Crippen molar-refractivity contribution >= 4 is 11.6 Å². The smallest absolute Gasteiger partial charge is 0.0406 e. The number of nitrogens with one attached hydrogen (secondary N) is 1. The average molecular weight is 239 g/mol. The molecule has 1 aromatic carbocycles. The van der Waals surface area contributed by atoms with Gasteiger partial charge in [0.05, 0.1) is 0 Å². The molecule has 0 spiro atoms. The van der Waals surface area contributed by atoms with Crippen LogP contribution in [-0.4, -0.2) is 18.6 Å². The van der Waals surface area contributed by atoms with E-state index in [-0.39, 0.29) is 0 Å². The fourth-order valence-corrected chi connectivity index (χ4v) is 2.42. The molecule has 0 saturated heterocycles. The van der Waals surface area contributed by atoms with E-state index in [0.29, 0.717) is 12.1 Å². The van der Waals surface area contributed by atoms with Crippen molar-refractivity contribution in [1.82, 2.24) is 5.32 Å². The summed E-state index contributed by atoms with van der Waals surface area (Å²) in [5.74, 6) is 0. The minimum Gasteiger partial charge on any atom is -0.326 e. The summed E-state index contributed by atoms with van der Waals surface area (Å²) < 4.78 is 0. The summed E-state index contributed by atoms with van der Waals surface area (Å²) in [6.45, 7) is 1.000. The highest BCUT2D eigenvalue weighted by atomic mass is 35.5. The molecule has 16 heavy (non-hydrogen) atoms. The van der Waals surface area contributed by atoms with Crippen LogP contribution in [0.2, 0.25) is 5.02 Å². The van der Waals surface area contributed by atoms with Crippen molar-refractivity contribution in [3.05, 3.63) is 34.9 Å². The van der Waals surface area contributed by atoms with Gasteiger partial charge in [0.1, 0.15) is 0 Å². The van der Waals surface area contributed by atoms with E-state index in [1.165, 1.54) is 24.8 Å². The second-order valence-corrected chi connectivity index (χ2v) is 4.97. The van der Waals surface area contributed by atoms with E-state index in [0.717, 1.165) is 18.0 Å². The van der Waals surface area contributed by atoms with E-state index < -0.39 is 0 Å². The highest BCUT2D eigenvalue weighted by Gasteiger charge is 2.22. The molecule has 0 bridgehead atoms. The molecule has 1 saturated carbocycles. The molecule has 0 aromatic heterocycles. The number of hydrogen-bond acceptors (Lipinski definition) is 2. The summed E-state index contributed by atoms with van der Waals surface area (Å²) in [6.07, 6.45) is 4.70. The third kappa shape index (κ3) is 3.21. The average Bonchev–Trinajstić information content (AvgIpc) is 2.68. The Kier molecular flexibility index (Phi) is 4.22. The van der Waals surface area contributed by atoms with Crippen LogP contribution in [0.3, 0.4) is 0 Å². The third-order valence-electron chi connectivity index (χ3n) is 3.30.